The molecular weight excluding hydrogens is 268 g/mol. The van der Waals surface area contributed by atoms with Gasteiger partial charge in [0.25, 0.3) is 0 Å². The second-order valence-electron chi connectivity index (χ2n) is 6.27. The molecule has 6 nitrogen and oxygen atoms in total. The van der Waals surface area contributed by atoms with Gasteiger partial charge < -0.3 is 21.2 Å². The Morgan fingerprint density at radius 2 is 2.19 bits per heavy atom. The van der Waals surface area contributed by atoms with Gasteiger partial charge in [-0.05, 0) is 38.6 Å². The summed E-state index contributed by atoms with van der Waals surface area (Å²) < 4.78 is 0. The molecule has 122 valence electrons. The lowest BCUT2D eigenvalue weighted by molar-refractivity contribution is -0.124. The van der Waals surface area contributed by atoms with Crippen LogP contribution in [0.25, 0.3) is 0 Å². The lowest BCUT2D eigenvalue weighted by Crippen LogP contribution is -2.43. The van der Waals surface area contributed by atoms with Gasteiger partial charge in [0.2, 0.25) is 5.91 Å². The number of piperidine rings is 1. The minimum Gasteiger partial charge on any atom is -0.409 e. The summed E-state index contributed by atoms with van der Waals surface area (Å²) in [6, 6.07) is 0.648. The van der Waals surface area contributed by atoms with Crippen molar-refractivity contribution in [1.29, 1.82) is 0 Å². The Morgan fingerprint density at radius 3 is 2.76 bits per heavy atom. The van der Waals surface area contributed by atoms with Crippen molar-refractivity contribution in [2.75, 3.05) is 19.6 Å². The Hall–Kier alpha value is -1.30. The number of nitrogens with zero attached hydrogens (tertiary/aromatic N) is 2. The monoisotopic (exact) mass is 298 g/mol. The molecule has 1 fully saturated rings. The van der Waals surface area contributed by atoms with E-state index in [1.807, 2.05) is 13.8 Å². The van der Waals surface area contributed by atoms with Crippen LogP contribution in [0.4, 0.5) is 0 Å². The molecule has 1 aliphatic heterocycles. The highest BCUT2D eigenvalue weighted by molar-refractivity contribution is 6.02. The van der Waals surface area contributed by atoms with Crippen molar-refractivity contribution < 1.29 is 10.0 Å². The molecule has 0 spiro atoms. The maximum Gasteiger partial charge on any atom is 0.231 e. The first-order chi connectivity index (χ1) is 9.97. The van der Waals surface area contributed by atoms with Crippen molar-refractivity contribution in [1.82, 2.24) is 10.2 Å². The molecule has 6 heteroatoms. The highest BCUT2D eigenvalue weighted by atomic mass is 16.4. The first kappa shape index (κ1) is 17.8. The number of hydrogen-bond donors (Lipinski definition) is 3. The number of carbonyl (C=O) groups excluding carboxylic acids is 1. The second kappa shape index (κ2) is 8.87. The van der Waals surface area contributed by atoms with Crippen LogP contribution in [-0.2, 0) is 4.79 Å². The Labute approximate surface area is 127 Å². The van der Waals surface area contributed by atoms with Crippen molar-refractivity contribution in [2.24, 2.45) is 22.7 Å². The maximum absolute atomic E-state index is 12.1. The van der Waals surface area contributed by atoms with E-state index in [1.165, 1.54) is 19.3 Å². The molecule has 2 unspecified atom stereocenters. The predicted molar refractivity (Wildman–Crippen MR) is 84.2 cm³/mol. The highest BCUT2D eigenvalue weighted by Crippen LogP contribution is 2.16. The molecule has 1 saturated heterocycles. The average Bonchev–Trinajstić information content (AvgIpc) is 2.44. The van der Waals surface area contributed by atoms with Gasteiger partial charge in [0.05, 0.1) is 0 Å². The second-order valence-corrected chi connectivity index (χ2v) is 6.27. The van der Waals surface area contributed by atoms with E-state index in [1.54, 1.807) is 0 Å². The van der Waals surface area contributed by atoms with E-state index in [-0.39, 0.29) is 17.7 Å². The number of carbonyl (C=O) groups is 1. The molecular formula is C15H30N4O2. The van der Waals surface area contributed by atoms with Gasteiger partial charge in [-0.1, -0.05) is 25.4 Å². The van der Waals surface area contributed by atoms with Crippen molar-refractivity contribution >= 4 is 11.7 Å². The lowest BCUT2D eigenvalue weighted by atomic mass is 9.94. The zero-order chi connectivity index (χ0) is 15.8. The molecule has 0 radical (unpaired) electrons. The molecule has 21 heavy (non-hydrogen) atoms. The normalized spacial score (nSPS) is 22.3. The van der Waals surface area contributed by atoms with Gasteiger partial charge in [-0.2, -0.15) is 0 Å². The summed E-state index contributed by atoms with van der Waals surface area (Å²) in [5, 5.41) is 14.6. The average molecular weight is 298 g/mol. The van der Waals surface area contributed by atoms with E-state index in [4.69, 9.17) is 10.9 Å². The third-order valence-electron chi connectivity index (χ3n) is 4.25. The summed E-state index contributed by atoms with van der Waals surface area (Å²) in [7, 11) is 0. The molecule has 1 rings (SSSR count). The van der Waals surface area contributed by atoms with E-state index < -0.39 is 5.92 Å². The lowest BCUT2D eigenvalue weighted by Gasteiger charge is -2.33. The number of hydrogen-bond acceptors (Lipinski definition) is 4. The van der Waals surface area contributed by atoms with Crippen molar-refractivity contribution in [3.8, 4) is 0 Å². The fourth-order valence-corrected chi connectivity index (χ4v) is 2.93. The van der Waals surface area contributed by atoms with Gasteiger partial charge >= 0.3 is 0 Å². The smallest absolute Gasteiger partial charge is 0.231 e. The number of amidine groups is 1. The number of nitrogens with two attached hydrogens (primary N) is 1. The third kappa shape index (κ3) is 5.53. The van der Waals surface area contributed by atoms with Crippen LogP contribution in [0.3, 0.4) is 0 Å². The molecule has 0 bridgehead atoms. The van der Waals surface area contributed by atoms with Crippen LogP contribution in [0.1, 0.15) is 46.5 Å². The van der Waals surface area contributed by atoms with Gasteiger partial charge in [0, 0.05) is 19.1 Å². The molecule has 0 aromatic carbocycles. The molecule has 2 atom stereocenters. The minimum atomic E-state index is -0.566. The van der Waals surface area contributed by atoms with E-state index in [2.05, 4.69) is 22.3 Å². The van der Waals surface area contributed by atoms with E-state index >= 15 is 0 Å². The van der Waals surface area contributed by atoms with Gasteiger partial charge in [0.15, 0.2) is 5.84 Å². The van der Waals surface area contributed by atoms with E-state index in [0.717, 1.165) is 19.5 Å². The first-order valence-corrected chi connectivity index (χ1v) is 7.96. The van der Waals surface area contributed by atoms with Gasteiger partial charge in [0.1, 0.15) is 5.92 Å². The summed E-state index contributed by atoms with van der Waals surface area (Å²) in [6.07, 6.45) is 4.79. The van der Waals surface area contributed by atoms with Gasteiger partial charge in [-0.3, -0.25) is 4.79 Å². The first-order valence-electron chi connectivity index (χ1n) is 7.96. The van der Waals surface area contributed by atoms with Crippen LogP contribution in [-0.4, -0.2) is 47.5 Å². The molecule has 1 aliphatic rings. The highest BCUT2D eigenvalue weighted by Gasteiger charge is 2.26. The summed E-state index contributed by atoms with van der Waals surface area (Å²) in [6.45, 7) is 8.84. The van der Waals surface area contributed by atoms with E-state index in [0.29, 0.717) is 12.6 Å². The molecule has 1 amide bonds. The van der Waals surface area contributed by atoms with Crippen LogP contribution < -0.4 is 11.1 Å². The van der Waals surface area contributed by atoms with Gasteiger partial charge in [-0.15, -0.1) is 0 Å². The van der Waals surface area contributed by atoms with Gasteiger partial charge in [-0.25, -0.2) is 0 Å². The molecule has 4 N–H and O–H groups in total. The maximum atomic E-state index is 12.1. The standard InChI is InChI=1S/C15H30N4O2/c1-11(2)13(14(16)18-21)15(20)17-8-6-10-19-9-5-4-7-12(19)3/h11-13,21H,4-10H2,1-3H3,(H2,16,18)(H,17,20). The predicted octanol–water partition coefficient (Wildman–Crippen LogP) is 1.39. The quantitative estimate of drug-likeness (QED) is 0.218. The molecule has 0 saturated carbocycles. The third-order valence-corrected chi connectivity index (χ3v) is 4.25. The topological polar surface area (TPSA) is 91.0 Å². The van der Waals surface area contributed by atoms with Crippen molar-refractivity contribution in [3.05, 3.63) is 0 Å². The summed E-state index contributed by atoms with van der Waals surface area (Å²) in [5.41, 5.74) is 5.59. The Bertz CT molecular complexity index is 358. The number of nitrogens with one attached hydrogen (secondary N) is 1. The minimum absolute atomic E-state index is 0.00279. The van der Waals surface area contributed by atoms with Crippen LogP contribution in [0.5, 0.6) is 0 Å². The Morgan fingerprint density at radius 1 is 1.48 bits per heavy atom. The van der Waals surface area contributed by atoms with Crippen LogP contribution in [0.2, 0.25) is 0 Å². The number of oxime groups is 1. The van der Waals surface area contributed by atoms with Crippen molar-refractivity contribution in [2.45, 2.75) is 52.5 Å². The van der Waals surface area contributed by atoms with Crippen molar-refractivity contribution in [3.63, 3.8) is 0 Å². The number of likely N-dealkylation sites (tertiary alicyclic amines) is 1. The summed E-state index contributed by atoms with van der Waals surface area (Å²) in [4.78, 5) is 14.6. The summed E-state index contributed by atoms with van der Waals surface area (Å²) in [5.74, 6) is -0.744. The fourth-order valence-electron chi connectivity index (χ4n) is 2.93. The molecule has 0 aromatic rings. The van der Waals surface area contributed by atoms with Crippen LogP contribution in [0.15, 0.2) is 5.16 Å². The van der Waals surface area contributed by atoms with E-state index in [9.17, 15) is 4.79 Å². The fraction of sp³-hybridized carbons (Fsp3) is 0.867. The zero-order valence-corrected chi connectivity index (χ0v) is 13.5. The Balaban J connectivity index is 2.32. The van der Waals surface area contributed by atoms with Crippen LogP contribution in [0, 0.1) is 11.8 Å². The largest absolute Gasteiger partial charge is 0.409 e. The number of amides is 1. The summed E-state index contributed by atoms with van der Waals surface area (Å²) >= 11 is 0. The zero-order valence-electron chi connectivity index (χ0n) is 13.5. The Kier molecular flexibility index (Phi) is 7.50. The van der Waals surface area contributed by atoms with Crippen LogP contribution >= 0.6 is 0 Å². The number of rotatable bonds is 7. The molecule has 0 aromatic heterocycles. The molecule has 1 heterocycles. The SMILES string of the molecule is CC(C)C(C(=O)NCCCN1CCCCC1C)C(N)=NO. The molecule has 0 aliphatic carbocycles.